The Bertz CT molecular complexity index is 1190. The van der Waals surface area contributed by atoms with Gasteiger partial charge in [0.2, 0.25) is 0 Å². The predicted octanol–water partition coefficient (Wildman–Crippen LogP) is 4.60. The average molecular weight is 475 g/mol. The summed E-state index contributed by atoms with van der Waals surface area (Å²) < 4.78 is 16.8. The van der Waals surface area contributed by atoms with Crippen molar-refractivity contribution in [2.45, 2.75) is 33.8 Å². The molecular weight excluding hydrogens is 444 g/mol. The maximum Gasteiger partial charge on any atom is 0.271 e. The highest BCUT2D eigenvalue weighted by molar-refractivity contribution is 6.19. The minimum Gasteiger partial charge on any atom is -0.490 e. The molecule has 0 aromatic heterocycles. The molecule has 0 radical (unpaired) electrons. The van der Waals surface area contributed by atoms with E-state index in [0.29, 0.717) is 54.5 Å². The summed E-state index contributed by atoms with van der Waals surface area (Å²) >= 11 is 0. The first kappa shape index (κ1) is 25.7. The Labute approximate surface area is 206 Å². The van der Waals surface area contributed by atoms with E-state index in [2.05, 4.69) is 0 Å². The number of hydrogen-bond donors (Lipinski definition) is 0. The smallest absolute Gasteiger partial charge is 0.271 e. The van der Waals surface area contributed by atoms with Gasteiger partial charge in [-0.15, -0.1) is 0 Å². The molecule has 1 aliphatic heterocycles. The fourth-order valence-corrected chi connectivity index (χ4v) is 3.71. The predicted molar refractivity (Wildman–Crippen MR) is 133 cm³/mol. The number of carbonyl (C=O) groups is 2. The minimum absolute atomic E-state index is 0.0312. The summed E-state index contributed by atoms with van der Waals surface area (Å²) in [6.07, 6.45) is 2.16. The van der Waals surface area contributed by atoms with E-state index in [1.165, 1.54) is 5.56 Å². The van der Waals surface area contributed by atoms with Gasteiger partial charge in [-0.2, -0.15) is 5.26 Å². The molecule has 35 heavy (non-hydrogen) atoms. The first-order valence-electron chi connectivity index (χ1n) is 11.5. The number of amides is 2. The van der Waals surface area contributed by atoms with Crippen LogP contribution in [0.2, 0.25) is 0 Å². The van der Waals surface area contributed by atoms with Gasteiger partial charge in [0.05, 0.1) is 6.61 Å². The first-order valence-corrected chi connectivity index (χ1v) is 11.5. The van der Waals surface area contributed by atoms with E-state index < -0.39 is 11.8 Å². The van der Waals surface area contributed by atoms with Gasteiger partial charge in [0.15, 0.2) is 11.5 Å². The van der Waals surface area contributed by atoms with Gasteiger partial charge in [-0.1, -0.05) is 35.9 Å². The highest BCUT2D eigenvalue weighted by Crippen LogP contribution is 2.32. The number of hydrogen-bond acceptors (Lipinski definition) is 6. The van der Waals surface area contributed by atoms with Crippen LogP contribution in [0.5, 0.6) is 11.5 Å². The quantitative estimate of drug-likeness (QED) is 0.284. The summed E-state index contributed by atoms with van der Waals surface area (Å²) in [7, 11) is 1.56. The lowest BCUT2D eigenvalue weighted by molar-refractivity contribution is -0.140. The zero-order valence-corrected chi connectivity index (χ0v) is 20.6. The molecule has 1 aliphatic rings. The molecule has 7 nitrogen and oxygen atoms in total. The number of ether oxygens (including phenoxy) is 3. The van der Waals surface area contributed by atoms with Crippen LogP contribution < -0.4 is 9.47 Å². The number of imide groups is 1. The van der Waals surface area contributed by atoms with Crippen LogP contribution in [-0.2, 0) is 20.9 Å². The largest absolute Gasteiger partial charge is 0.490 e. The number of aryl methyl sites for hydroxylation is 1. The van der Waals surface area contributed by atoms with Crippen LogP contribution in [0.1, 0.15) is 37.0 Å². The van der Waals surface area contributed by atoms with Crippen LogP contribution in [0, 0.1) is 18.3 Å². The molecule has 182 valence electrons. The number of methoxy groups -OCH3 is 1. The van der Waals surface area contributed by atoms with Gasteiger partial charge >= 0.3 is 0 Å². The third kappa shape index (κ3) is 6.17. The Morgan fingerprint density at radius 1 is 1.00 bits per heavy atom. The molecule has 0 N–H and O–H groups in total. The molecule has 0 atom stereocenters. The molecule has 3 rings (SSSR count). The summed E-state index contributed by atoms with van der Waals surface area (Å²) in [5, 5.41) is 9.55. The molecule has 0 aliphatic carbocycles. The van der Waals surface area contributed by atoms with E-state index in [0.717, 1.165) is 10.5 Å². The molecule has 0 unspecified atom stereocenters. The van der Waals surface area contributed by atoms with Crippen molar-refractivity contribution in [3.8, 4) is 17.6 Å². The minimum atomic E-state index is -0.571. The number of nitriles is 1. The van der Waals surface area contributed by atoms with Gasteiger partial charge in [0.25, 0.3) is 11.8 Å². The van der Waals surface area contributed by atoms with E-state index in [4.69, 9.17) is 14.2 Å². The van der Waals surface area contributed by atoms with Gasteiger partial charge in [-0.25, -0.2) is 0 Å². The lowest BCUT2D eigenvalue weighted by Gasteiger charge is -2.27. The topological polar surface area (TPSA) is 88.9 Å². The summed E-state index contributed by atoms with van der Waals surface area (Å²) in [6.45, 7) is 6.96. The summed E-state index contributed by atoms with van der Waals surface area (Å²) in [5.41, 5.74) is 3.55. The van der Waals surface area contributed by atoms with Gasteiger partial charge in [-0.05, 0) is 62.1 Å². The molecule has 2 aromatic rings. The van der Waals surface area contributed by atoms with E-state index in [1.807, 2.05) is 50.2 Å². The average Bonchev–Trinajstić information content (AvgIpc) is 2.85. The summed E-state index contributed by atoms with van der Waals surface area (Å²) in [5.74, 6) is 0.136. The highest BCUT2D eigenvalue weighted by Gasteiger charge is 2.35. The molecule has 0 bridgehead atoms. The zero-order chi connectivity index (χ0) is 25.4. The molecule has 0 fully saturated rings. The fraction of sp³-hybridized carbons (Fsp3) is 0.321. The van der Waals surface area contributed by atoms with Crippen molar-refractivity contribution in [3.63, 3.8) is 0 Å². The Morgan fingerprint density at radius 3 is 2.40 bits per heavy atom. The van der Waals surface area contributed by atoms with Crippen molar-refractivity contribution in [1.29, 1.82) is 5.26 Å². The summed E-state index contributed by atoms with van der Waals surface area (Å²) in [4.78, 5) is 27.0. The monoisotopic (exact) mass is 474 g/mol. The van der Waals surface area contributed by atoms with Crippen LogP contribution in [0.25, 0.3) is 6.08 Å². The highest BCUT2D eigenvalue weighted by atomic mass is 16.5. The Kier molecular flexibility index (Phi) is 8.82. The Balaban J connectivity index is 1.90. The molecule has 0 spiro atoms. The molecule has 1 heterocycles. The van der Waals surface area contributed by atoms with E-state index in [9.17, 15) is 14.9 Å². The molecule has 0 saturated heterocycles. The number of rotatable bonds is 10. The van der Waals surface area contributed by atoms with Gasteiger partial charge in [-0.3, -0.25) is 14.5 Å². The van der Waals surface area contributed by atoms with E-state index >= 15 is 0 Å². The third-order valence-corrected chi connectivity index (χ3v) is 5.65. The number of benzene rings is 2. The van der Waals surface area contributed by atoms with Crippen LogP contribution >= 0.6 is 0 Å². The van der Waals surface area contributed by atoms with Crippen molar-refractivity contribution in [2.24, 2.45) is 0 Å². The second kappa shape index (κ2) is 12.0. The van der Waals surface area contributed by atoms with E-state index in [1.54, 1.807) is 32.2 Å². The van der Waals surface area contributed by atoms with Crippen LogP contribution in [0.15, 0.2) is 59.2 Å². The van der Waals surface area contributed by atoms with Gasteiger partial charge in [0, 0.05) is 25.8 Å². The van der Waals surface area contributed by atoms with Crippen LogP contribution in [0.4, 0.5) is 0 Å². The van der Waals surface area contributed by atoms with Crippen molar-refractivity contribution in [3.05, 3.63) is 75.9 Å². The Morgan fingerprint density at radius 2 is 1.74 bits per heavy atom. The SMILES string of the molecule is CCOc1cc(/C=C2/C(=O)N(CCCOC)C(=O)C(C#N)=C2C)ccc1OCc1ccc(C)cc1. The van der Waals surface area contributed by atoms with Crippen molar-refractivity contribution in [1.82, 2.24) is 4.90 Å². The molecule has 0 saturated carbocycles. The summed E-state index contributed by atoms with van der Waals surface area (Å²) in [6, 6.07) is 15.5. The third-order valence-electron chi connectivity index (χ3n) is 5.65. The lowest BCUT2D eigenvalue weighted by atomic mass is 9.93. The standard InChI is InChI=1S/C28H30N2O5/c1-5-34-26-16-22(11-12-25(26)35-18-21-9-7-19(2)8-10-21)15-23-20(3)24(17-29)28(32)30(27(23)31)13-6-14-33-4/h7-12,15-16H,5-6,13-14,18H2,1-4H3/b23-15+. The molecule has 2 aromatic carbocycles. The normalized spacial score (nSPS) is 14.9. The van der Waals surface area contributed by atoms with Crippen molar-refractivity contribution >= 4 is 17.9 Å². The number of nitrogens with zero attached hydrogens (tertiary/aromatic N) is 2. The molecule has 2 amide bonds. The molecule has 7 heteroatoms. The van der Waals surface area contributed by atoms with Crippen molar-refractivity contribution < 1.29 is 23.8 Å². The molecular formula is C28H30N2O5. The first-order chi connectivity index (χ1) is 16.9. The second-order valence-electron chi connectivity index (χ2n) is 8.19. The van der Waals surface area contributed by atoms with Crippen LogP contribution in [-0.4, -0.2) is 43.6 Å². The van der Waals surface area contributed by atoms with Crippen molar-refractivity contribution in [2.75, 3.05) is 26.9 Å². The second-order valence-corrected chi connectivity index (χ2v) is 8.19. The van der Waals surface area contributed by atoms with Crippen LogP contribution in [0.3, 0.4) is 0 Å². The fourth-order valence-electron chi connectivity index (χ4n) is 3.71. The van der Waals surface area contributed by atoms with Gasteiger partial charge in [0.1, 0.15) is 18.2 Å². The van der Waals surface area contributed by atoms with Gasteiger partial charge < -0.3 is 14.2 Å². The zero-order valence-electron chi connectivity index (χ0n) is 20.6. The lowest BCUT2D eigenvalue weighted by Crippen LogP contribution is -2.43. The Hall–Kier alpha value is -3.89. The maximum atomic E-state index is 13.2. The van der Waals surface area contributed by atoms with E-state index in [-0.39, 0.29) is 12.1 Å². The maximum absolute atomic E-state index is 13.2. The number of carbonyl (C=O) groups excluding carboxylic acids is 2.